The highest BCUT2D eigenvalue weighted by atomic mass is 35.5. The number of nitrogens with zero attached hydrogens (tertiary/aromatic N) is 3. The fourth-order valence-electron chi connectivity index (χ4n) is 6.23. The minimum absolute atomic E-state index is 0.0432. The van der Waals surface area contributed by atoms with Gasteiger partial charge in [-0.15, -0.1) is 0 Å². The summed E-state index contributed by atoms with van der Waals surface area (Å²) >= 11 is 14.4. The maximum absolute atomic E-state index is 14.7. The van der Waals surface area contributed by atoms with Gasteiger partial charge in [-0.2, -0.15) is 0 Å². The molecule has 0 radical (unpaired) electrons. The van der Waals surface area contributed by atoms with E-state index in [1.54, 1.807) is 18.2 Å². The molecule has 1 aliphatic heterocycles. The summed E-state index contributed by atoms with van der Waals surface area (Å²) in [4.78, 5) is 18.2. The van der Waals surface area contributed by atoms with Gasteiger partial charge in [-0.3, -0.25) is 0 Å². The van der Waals surface area contributed by atoms with Gasteiger partial charge < -0.3 is 19.3 Å². The van der Waals surface area contributed by atoms with Gasteiger partial charge in [0, 0.05) is 23.6 Å². The fraction of sp³-hybridized carbons (Fsp3) is 0.393. The highest BCUT2D eigenvalue weighted by Crippen LogP contribution is 2.51. The van der Waals surface area contributed by atoms with E-state index in [-0.39, 0.29) is 17.1 Å². The molecule has 2 saturated carbocycles. The Bertz CT molecular complexity index is 1620. The molecular formula is C28H24Cl2FN3O4S. The van der Waals surface area contributed by atoms with Gasteiger partial charge in [0.05, 0.1) is 38.6 Å². The quantitative estimate of drug-likeness (QED) is 0.239. The Hall–Kier alpha value is -2.72. The highest BCUT2D eigenvalue weighted by Gasteiger charge is 2.54. The Balaban J connectivity index is 1.18. The molecule has 1 saturated heterocycles. The molecule has 4 aromatic rings. The van der Waals surface area contributed by atoms with Crippen molar-refractivity contribution in [2.24, 2.45) is 5.92 Å². The van der Waals surface area contributed by atoms with Crippen LogP contribution < -0.4 is 4.90 Å². The summed E-state index contributed by atoms with van der Waals surface area (Å²) in [5.41, 5.74) is 1.78. The zero-order valence-corrected chi connectivity index (χ0v) is 23.2. The molecule has 3 atom stereocenters. The molecule has 0 amide bonds. The SMILES string of the molecule is C[C@]1(OCc2c(-c3c(Cl)cccc3Cl)noc2C2CC2)C[C@@H]2C[C@H]1N(c1nc3c(F)cc(C(=O)O)cc3s1)C2. The van der Waals surface area contributed by atoms with Gasteiger partial charge in [0.25, 0.3) is 0 Å². The number of hydrogen-bond donors (Lipinski definition) is 1. The molecular weight excluding hydrogens is 564 g/mol. The van der Waals surface area contributed by atoms with E-state index in [1.807, 2.05) is 0 Å². The number of aromatic carboxylic acids is 1. The van der Waals surface area contributed by atoms with Crippen LogP contribution >= 0.6 is 34.5 Å². The van der Waals surface area contributed by atoms with E-state index in [0.29, 0.717) is 49.6 Å². The van der Waals surface area contributed by atoms with Crippen molar-refractivity contribution in [2.45, 2.75) is 56.8 Å². The van der Waals surface area contributed by atoms with Gasteiger partial charge in [-0.05, 0) is 62.8 Å². The van der Waals surface area contributed by atoms with E-state index in [4.69, 9.17) is 32.5 Å². The first-order chi connectivity index (χ1) is 18.7. The van der Waals surface area contributed by atoms with Crippen LogP contribution in [-0.4, -0.2) is 39.4 Å². The number of carboxylic acid groups (broad SMARTS) is 1. The van der Waals surface area contributed by atoms with Crippen LogP contribution in [0.3, 0.4) is 0 Å². The summed E-state index contributed by atoms with van der Waals surface area (Å²) in [6.45, 7) is 3.22. The predicted octanol–water partition coefficient (Wildman–Crippen LogP) is 7.55. The van der Waals surface area contributed by atoms with E-state index < -0.39 is 17.4 Å². The van der Waals surface area contributed by atoms with Crippen molar-refractivity contribution in [1.82, 2.24) is 10.1 Å². The van der Waals surface area contributed by atoms with Gasteiger partial charge in [-0.1, -0.05) is 45.8 Å². The molecule has 3 heterocycles. The summed E-state index contributed by atoms with van der Waals surface area (Å²) < 4.78 is 27.7. The van der Waals surface area contributed by atoms with Crippen LogP contribution in [0, 0.1) is 11.7 Å². The molecule has 7 rings (SSSR count). The number of thiazole rings is 1. The van der Waals surface area contributed by atoms with E-state index in [9.17, 15) is 14.3 Å². The van der Waals surface area contributed by atoms with Crippen molar-refractivity contribution in [3.8, 4) is 11.3 Å². The maximum atomic E-state index is 14.7. The minimum Gasteiger partial charge on any atom is -0.478 e. The number of piperidine rings is 1. The van der Waals surface area contributed by atoms with Crippen molar-refractivity contribution in [3.63, 3.8) is 0 Å². The average molecular weight is 588 g/mol. The molecule has 11 heteroatoms. The number of carbonyl (C=O) groups is 1. The Morgan fingerprint density at radius 2 is 2.08 bits per heavy atom. The van der Waals surface area contributed by atoms with Gasteiger partial charge >= 0.3 is 5.97 Å². The Labute approximate surface area is 237 Å². The number of halogens is 3. The zero-order chi connectivity index (χ0) is 27.1. The highest BCUT2D eigenvalue weighted by molar-refractivity contribution is 7.22. The van der Waals surface area contributed by atoms with Crippen LogP contribution in [0.1, 0.15) is 60.2 Å². The largest absolute Gasteiger partial charge is 0.478 e. The van der Waals surface area contributed by atoms with Crippen LogP contribution in [0.5, 0.6) is 0 Å². The standard InChI is InChI=1S/C28H24Cl2FN3O4S/c1-28(37-12-16-23(33-38-25(16)14-5-6-14)22-17(29)3-2-4-18(22)30)10-13-7-21(28)34(11-13)27-32-24-19(31)8-15(26(35)36)9-20(24)39-27/h2-4,8-9,13-14,21H,5-7,10-12H2,1H3,(H,35,36)/t13-,21+,28-/m0/s1. The molecule has 1 N–H and O–H groups in total. The first-order valence-corrected chi connectivity index (χ1v) is 14.5. The monoisotopic (exact) mass is 587 g/mol. The summed E-state index contributed by atoms with van der Waals surface area (Å²) in [6.07, 6.45) is 3.93. The minimum atomic E-state index is -1.16. The Morgan fingerprint density at radius 3 is 2.77 bits per heavy atom. The second-order valence-corrected chi connectivity index (χ2v) is 12.8. The van der Waals surface area contributed by atoms with E-state index >= 15 is 0 Å². The first-order valence-electron chi connectivity index (χ1n) is 12.9. The number of aromatic nitrogens is 2. The molecule has 7 nitrogen and oxygen atoms in total. The Morgan fingerprint density at radius 1 is 1.31 bits per heavy atom. The lowest BCUT2D eigenvalue weighted by Gasteiger charge is -2.41. The molecule has 202 valence electrons. The molecule has 2 aromatic carbocycles. The lowest BCUT2D eigenvalue weighted by atomic mass is 9.94. The lowest BCUT2D eigenvalue weighted by Crippen LogP contribution is -2.50. The molecule has 39 heavy (non-hydrogen) atoms. The normalized spacial score (nSPS) is 24.3. The van der Waals surface area contributed by atoms with Crippen molar-refractivity contribution >= 4 is 55.9 Å². The maximum Gasteiger partial charge on any atom is 0.335 e. The first kappa shape index (κ1) is 25.3. The van der Waals surface area contributed by atoms with Crippen LogP contribution in [0.2, 0.25) is 10.0 Å². The van der Waals surface area contributed by atoms with Gasteiger partial charge in [-0.25, -0.2) is 14.2 Å². The zero-order valence-electron chi connectivity index (χ0n) is 20.9. The van der Waals surface area contributed by atoms with Crippen LogP contribution in [-0.2, 0) is 11.3 Å². The summed E-state index contributed by atoms with van der Waals surface area (Å²) in [7, 11) is 0. The average Bonchev–Trinajstić information content (AvgIpc) is 3.21. The lowest BCUT2D eigenvalue weighted by molar-refractivity contribution is -0.0576. The number of fused-ring (bicyclic) bond motifs is 3. The van der Waals surface area contributed by atoms with Crippen molar-refractivity contribution in [2.75, 3.05) is 11.4 Å². The van der Waals surface area contributed by atoms with E-state index in [0.717, 1.165) is 49.6 Å². The summed E-state index contributed by atoms with van der Waals surface area (Å²) in [5.74, 6) is -0.219. The summed E-state index contributed by atoms with van der Waals surface area (Å²) in [6, 6.07) is 7.92. The summed E-state index contributed by atoms with van der Waals surface area (Å²) in [5, 5.41) is 15.4. The molecule has 2 bridgehead atoms. The van der Waals surface area contributed by atoms with Gasteiger partial charge in [0.15, 0.2) is 10.9 Å². The number of ether oxygens (including phenoxy) is 1. The van der Waals surface area contributed by atoms with Gasteiger partial charge in [0.2, 0.25) is 0 Å². The molecule has 3 aliphatic rings. The van der Waals surface area contributed by atoms with E-state index in [1.165, 1.54) is 17.4 Å². The molecule has 0 spiro atoms. The number of carboxylic acids is 1. The molecule has 0 unspecified atom stereocenters. The second kappa shape index (κ2) is 9.16. The topological polar surface area (TPSA) is 88.7 Å². The van der Waals surface area contributed by atoms with Gasteiger partial charge in [0.1, 0.15) is 17.0 Å². The number of rotatable bonds is 7. The van der Waals surface area contributed by atoms with Crippen LogP contribution in [0.15, 0.2) is 34.9 Å². The third-order valence-corrected chi connectivity index (χ3v) is 9.90. The predicted molar refractivity (Wildman–Crippen MR) is 148 cm³/mol. The van der Waals surface area contributed by atoms with Crippen LogP contribution in [0.4, 0.5) is 9.52 Å². The van der Waals surface area contributed by atoms with E-state index in [2.05, 4.69) is 22.0 Å². The molecule has 2 aromatic heterocycles. The second-order valence-electron chi connectivity index (χ2n) is 10.9. The smallest absolute Gasteiger partial charge is 0.335 e. The van der Waals surface area contributed by atoms with Crippen LogP contribution in [0.25, 0.3) is 21.5 Å². The molecule has 2 aliphatic carbocycles. The number of anilines is 1. The fourth-order valence-corrected chi connectivity index (χ4v) is 7.89. The van der Waals surface area contributed by atoms with Crippen molar-refractivity contribution in [1.29, 1.82) is 0 Å². The van der Waals surface area contributed by atoms with Crippen molar-refractivity contribution in [3.05, 3.63) is 63.1 Å². The van der Waals surface area contributed by atoms with Crippen molar-refractivity contribution < 1.29 is 23.6 Å². The Kier molecular flexibility index (Phi) is 5.93. The number of hydrogen-bond acceptors (Lipinski definition) is 7. The molecule has 3 fully saturated rings. The third kappa shape index (κ3) is 4.22. The third-order valence-electron chi connectivity index (χ3n) is 8.23. The number of benzene rings is 2.